The highest BCUT2D eigenvalue weighted by Crippen LogP contribution is 2.25. The Hall–Kier alpha value is -4.18. The van der Waals surface area contributed by atoms with Gasteiger partial charge in [0.25, 0.3) is 0 Å². The summed E-state index contributed by atoms with van der Waals surface area (Å²) < 4.78 is 10.9. The lowest BCUT2D eigenvalue weighted by Gasteiger charge is -2.09. The summed E-state index contributed by atoms with van der Waals surface area (Å²) in [5.41, 5.74) is 2.72. The summed E-state index contributed by atoms with van der Waals surface area (Å²) in [5.74, 6) is -0.498. The van der Waals surface area contributed by atoms with Gasteiger partial charge in [0.1, 0.15) is 24.0 Å². The number of carbonyl (C=O) groups is 2. The number of rotatable bonds is 8. The molecular formula is C25H23N3O4. The Morgan fingerprint density at radius 1 is 1.16 bits per heavy atom. The van der Waals surface area contributed by atoms with Crippen LogP contribution in [-0.4, -0.2) is 28.3 Å². The fourth-order valence-electron chi connectivity index (χ4n) is 3.29. The Morgan fingerprint density at radius 3 is 2.59 bits per heavy atom. The zero-order valence-electron chi connectivity index (χ0n) is 18.1. The van der Waals surface area contributed by atoms with Crippen molar-refractivity contribution in [3.05, 3.63) is 88.0 Å². The molecule has 0 radical (unpaired) electrons. The van der Waals surface area contributed by atoms with Crippen LogP contribution in [-0.2, 0) is 11.3 Å². The first kappa shape index (κ1) is 22.5. The smallest absolute Gasteiger partial charge is 0.340 e. The molecule has 3 aromatic rings. The van der Waals surface area contributed by atoms with E-state index in [-0.39, 0.29) is 24.5 Å². The summed E-state index contributed by atoms with van der Waals surface area (Å²) in [6.45, 7) is 5.53. The number of hydrogen-bond donors (Lipinski definition) is 1. The zero-order chi connectivity index (χ0) is 23.1. The maximum atomic E-state index is 13.1. The van der Waals surface area contributed by atoms with Crippen molar-refractivity contribution in [2.24, 2.45) is 0 Å². The predicted molar refractivity (Wildman–Crippen MR) is 119 cm³/mol. The van der Waals surface area contributed by atoms with Gasteiger partial charge >= 0.3 is 5.97 Å². The monoisotopic (exact) mass is 429 g/mol. The number of nitrogens with one attached hydrogen (secondary N) is 1. The molecule has 7 nitrogen and oxygen atoms in total. The maximum Gasteiger partial charge on any atom is 0.340 e. The van der Waals surface area contributed by atoms with E-state index in [4.69, 9.17) is 9.47 Å². The molecule has 1 aromatic carbocycles. The van der Waals surface area contributed by atoms with Gasteiger partial charge in [-0.1, -0.05) is 24.3 Å². The third kappa shape index (κ3) is 4.93. The number of esters is 1. The van der Waals surface area contributed by atoms with E-state index in [1.807, 2.05) is 30.3 Å². The summed E-state index contributed by atoms with van der Waals surface area (Å²) in [6, 6.07) is 14.6. The Balaban J connectivity index is 1.90. The van der Waals surface area contributed by atoms with Crippen molar-refractivity contribution in [1.29, 1.82) is 5.26 Å². The molecule has 0 atom stereocenters. The number of hydrogen-bond acceptors (Lipinski definition) is 6. The fraction of sp³-hybridized carbons (Fsp3) is 0.200. The molecule has 162 valence electrons. The molecule has 0 unspecified atom stereocenters. The second-order valence-electron chi connectivity index (χ2n) is 6.99. The van der Waals surface area contributed by atoms with Crippen LogP contribution in [0.25, 0.3) is 6.08 Å². The van der Waals surface area contributed by atoms with Crippen LogP contribution in [0.2, 0.25) is 0 Å². The molecule has 0 aliphatic heterocycles. The van der Waals surface area contributed by atoms with Gasteiger partial charge in [0, 0.05) is 17.5 Å². The van der Waals surface area contributed by atoms with Gasteiger partial charge in [-0.05, 0) is 50.6 Å². The Labute approximate surface area is 186 Å². The van der Waals surface area contributed by atoms with Crippen LogP contribution in [0.3, 0.4) is 0 Å². The van der Waals surface area contributed by atoms with E-state index in [1.165, 1.54) is 6.08 Å². The molecule has 7 heteroatoms. The van der Waals surface area contributed by atoms with E-state index in [0.717, 1.165) is 5.69 Å². The third-order valence-electron chi connectivity index (χ3n) is 4.83. The maximum absolute atomic E-state index is 13.1. The van der Waals surface area contributed by atoms with E-state index in [1.54, 1.807) is 45.2 Å². The number of allylic oxidation sites excluding steroid dienone is 1. The SMILES string of the molecule is CCOC(=O)c1c(C)[nH]c(C(=O)/C(C#N)=C/c2ccccc2OCc2ccccn2)c1C. The quantitative estimate of drug-likeness (QED) is 0.243. The molecule has 0 saturated carbocycles. The number of para-hydroxylation sites is 1. The predicted octanol–water partition coefficient (Wildman–Crippen LogP) is 4.57. The topological polar surface area (TPSA) is 105 Å². The molecule has 0 bridgehead atoms. The van der Waals surface area contributed by atoms with Crippen molar-refractivity contribution in [1.82, 2.24) is 9.97 Å². The molecule has 0 aliphatic rings. The van der Waals surface area contributed by atoms with Gasteiger partial charge in [0.05, 0.1) is 23.6 Å². The number of nitriles is 1. The van der Waals surface area contributed by atoms with Gasteiger partial charge in [-0.15, -0.1) is 0 Å². The van der Waals surface area contributed by atoms with Crippen molar-refractivity contribution >= 4 is 17.8 Å². The Kier molecular flexibility index (Phi) is 7.19. The number of aromatic nitrogens is 2. The number of H-pyrrole nitrogens is 1. The van der Waals surface area contributed by atoms with E-state index in [9.17, 15) is 14.9 Å². The number of carbonyl (C=O) groups excluding carboxylic acids is 2. The summed E-state index contributed by atoms with van der Waals surface area (Å²) in [4.78, 5) is 32.5. The lowest BCUT2D eigenvalue weighted by atomic mass is 10.0. The zero-order valence-corrected chi connectivity index (χ0v) is 18.1. The van der Waals surface area contributed by atoms with Crippen LogP contribution in [0, 0.1) is 25.2 Å². The first-order valence-electron chi connectivity index (χ1n) is 10.1. The average Bonchev–Trinajstić information content (AvgIpc) is 3.11. The van der Waals surface area contributed by atoms with Gasteiger partial charge in [0.2, 0.25) is 5.78 Å². The normalized spacial score (nSPS) is 11.0. The van der Waals surface area contributed by atoms with Crippen molar-refractivity contribution in [3.8, 4) is 11.8 Å². The van der Waals surface area contributed by atoms with E-state index < -0.39 is 11.8 Å². The average molecular weight is 429 g/mol. The summed E-state index contributed by atoms with van der Waals surface area (Å²) in [7, 11) is 0. The van der Waals surface area contributed by atoms with Crippen LogP contribution >= 0.6 is 0 Å². The minimum Gasteiger partial charge on any atom is -0.487 e. The van der Waals surface area contributed by atoms with E-state index >= 15 is 0 Å². The number of aryl methyl sites for hydroxylation is 1. The van der Waals surface area contributed by atoms with Gasteiger partial charge in [-0.3, -0.25) is 9.78 Å². The van der Waals surface area contributed by atoms with E-state index in [0.29, 0.717) is 28.1 Å². The van der Waals surface area contributed by atoms with Crippen molar-refractivity contribution in [2.45, 2.75) is 27.4 Å². The minimum atomic E-state index is -0.511. The first-order valence-corrected chi connectivity index (χ1v) is 10.1. The molecule has 32 heavy (non-hydrogen) atoms. The molecule has 0 aliphatic carbocycles. The molecule has 0 saturated heterocycles. The van der Waals surface area contributed by atoms with Crippen LogP contribution in [0.5, 0.6) is 5.75 Å². The summed E-state index contributed by atoms with van der Waals surface area (Å²) in [5, 5.41) is 9.68. The van der Waals surface area contributed by atoms with Crippen LogP contribution in [0.15, 0.2) is 54.2 Å². The molecule has 0 fully saturated rings. The summed E-state index contributed by atoms with van der Waals surface area (Å²) >= 11 is 0. The fourth-order valence-corrected chi connectivity index (χ4v) is 3.29. The third-order valence-corrected chi connectivity index (χ3v) is 4.83. The van der Waals surface area contributed by atoms with Gasteiger partial charge in [-0.2, -0.15) is 5.26 Å². The van der Waals surface area contributed by atoms with Crippen molar-refractivity contribution in [2.75, 3.05) is 6.61 Å². The molecule has 3 rings (SSSR count). The van der Waals surface area contributed by atoms with Crippen molar-refractivity contribution in [3.63, 3.8) is 0 Å². The highest BCUT2D eigenvalue weighted by atomic mass is 16.5. The molecule has 1 N–H and O–H groups in total. The molecule has 0 spiro atoms. The van der Waals surface area contributed by atoms with Crippen LogP contribution < -0.4 is 4.74 Å². The lowest BCUT2D eigenvalue weighted by Crippen LogP contribution is -2.08. The number of ether oxygens (including phenoxy) is 2. The number of Topliss-reactive ketones (excluding diaryl/α,β-unsaturated/α-hetero) is 1. The second kappa shape index (κ2) is 10.2. The lowest BCUT2D eigenvalue weighted by molar-refractivity contribution is 0.0525. The molecular weight excluding hydrogens is 406 g/mol. The highest BCUT2D eigenvalue weighted by Gasteiger charge is 2.25. The van der Waals surface area contributed by atoms with Gasteiger partial charge in [-0.25, -0.2) is 4.79 Å². The number of pyridine rings is 1. The number of aromatic amines is 1. The highest BCUT2D eigenvalue weighted by molar-refractivity contribution is 6.15. The van der Waals surface area contributed by atoms with Gasteiger partial charge in [0.15, 0.2) is 0 Å². The number of benzene rings is 1. The number of ketones is 1. The molecule has 2 aromatic heterocycles. The summed E-state index contributed by atoms with van der Waals surface area (Å²) in [6.07, 6.45) is 3.16. The Morgan fingerprint density at radius 2 is 1.91 bits per heavy atom. The largest absolute Gasteiger partial charge is 0.487 e. The Bertz CT molecular complexity index is 1200. The van der Waals surface area contributed by atoms with E-state index in [2.05, 4.69) is 9.97 Å². The van der Waals surface area contributed by atoms with Gasteiger partial charge < -0.3 is 14.5 Å². The first-order chi connectivity index (χ1) is 15.5. The standard InChI is InChI=1S/C25H23N3O4/c1-4-31-25(30)22-16(2)23(28-17(22)3)24(29)19(14-26)13-18-9-5-6-11-21(18)32-15-20-10-7-8-12-27-20/h5-13,28H,4,15H2,1-3H3/b19-13+. The minimum absolute atomic E-state index is 0.0846. The van der Waals surface area contributed by atoms with Crippen molar-refractivity contribution < 1.29 is 19.1 Å². The number of nitrogens with zero attached hydrogens (tertiary/aromatic N) is 2. The molecule has 0 amide bonds. The second-order valence-corrected chi connectivity index (χ2v) is 6.99. The molecule has 2 heterocycles. The van der Waals surface area contributed by atoms with Crippen LogP contribution in [0.4, 0.5) is 0 Å². The van der Waals surface area contributed by atoms with Crippen LogP contribution in [0.1, 0.15) is 50.3 Å².